The van der Waals surface area contributed by atoms with Crippen LogP contribution in [0.25, 0.3) is 0 Å². The summed E-state index contributed by atoms with van der Waals surface area (Å²) in [5.41, 5.74) is 7.36. The minimum absolute atomic E-state index is 0.178. The molecular formula is C34H53N5O8. The number of nitrogens with two attached hydrogens (primary N) is 1. The Morgan fingerprint density at radius 2 is 1.17 bits per heavy atom. The van der Waals surface area contributed by atoms with Gasteiger partial charge >= 0.3 is 18.3 Å². The van der Waals surface area contributed by atoms with Crippen LogP contribution in [-0.4, -0.2) is 50.0 Å². The second kappa shape index (κ2) is 29.9. The molecule has 0 fully saturated rings. The fourth-order valence-corrected chi connectivity index (χ4v) is 3.53. The monoisotopic (exact) mass is 659 g/mol. The summed E-state index contributed by atoms with van der Waals surface area (Å²) >= 11 is 0. The van der Waals surface area contributed by atoms with E-state index in [9.17, 15) is 19.2 Å². The Morgan fingerprint density at radius 3 is 1.57 bits per heavy atom. The molecule has 0 aliphatic heterocycles. The Morgan fingerprint density at radius 1 is 0.723 bits per heavy atom. The molecule has 0 radical (unpaired) electrons. The zero-order valence-electron chi connectivity index (χ0n) is 28.4. The van der Waals surface area contributed by atoms with Crippen LogP contribution >= 0.6 is 0 Å². The maximum Gasteiger partial charge on any atom is 0.409 e. The van der Waals surface area contributed by atoms with Crippen molar-refractivity contribution >= 4 is 31.2 Å². The first-order chi connectivity index (χ1) is 22.4. The van der Waals surface area contributed by atoms with Crippen molar-refractivity contribution < 1.29 is 38.2 Å². The van der Waals surface area contributed by atoms with Crippen molar-refractivity contribution in [1.82, 2.24) is 21.3 Å². The molecule has 0 saturated carbocycles. The summed E-state index contributed by atoms with van der Waals surface area (Å²) in [6.45, 7) is 13.6. The maximum atomic E-state index is 11.6. The second-order valence-electron chi connectivity index (χ2n) is 11.4. The molecule has 0 aliphatic carbocycles. The maximum absolute atomic E-state index is 11.6. The van der Waals surface area contributed by atoms with E-state index in [2.05, 4.69) is 49.0 Å². The van der Waals surface area contributed by atoms with Gasteiger partial charge in [0.2, 0.25) is 12.8 Å². The van der Waals surface area contributed by atoms with E-state index in [1.54, 1.807) is 0 Å². The topological polar surface area (TPSA) is 195 Å². The van der Waals surface area contributed by atoms with Gasteiger partial charge in [0.25, 0.3) is 0 Å². The third-order valence-electron chi connectivity index (χ3n) is 5.69. The van der Waals surface area contributed by atoms with E-state index in [4.69, 9.17) is 24.8 Å². The number of carbonyl (C=O) groups is 4. The Labute approximate surface area is 278 Å². The van der Waals surface area contributed by atoms with E-state index >= 15 is 0 Å². The van der Waals surface area contributed by atoms with Gasteiger partial charge in [0.15, 0.2) is 0 Å². The highest BCUT2D eigenvalue weighted by molar-refractivity contribution is 5.68. The first kappa shape index (κ1) is 44.4. The fraction of sp³-hybridized carbons (Fsp3) is 0.500. The van der Waals surface area contributed by atoms with Crippen LogP contribution in [0.4, 0.5) is 9.59 Å². The molecular weight excluding hydrogens is 606 g/mol. The molecule has 0 bridgehead atoms. The highest BCUT2D eigenvalue weighted by Gasteiger charge is 2.13. The zero-order chi connectivity index (χ0) is 35.9. The zero-order valence-corrected chi connectivity index (χ0v) is 28.4. The lowest BCUT2D eigenvalue weighted by Gasteiger charge is -2.19. The number of rotatable bonds is 16. The van der Waals surface area contributed by atoms with Crippen molar-refractivity contribution in [2.45, 2.75) is 86.4 Å². The van der Waals surface area contributed by atoms with E-state index in [1.165, 1.54) is 0 Å². The number of hydrogen-bond donors (Lipinski definition) is 5. The van der Waals surface area contributed by atoms with Gasteiger partial charge < -0.3 is 36.5 Å². The van der Waals surface area contributed by atoms with Gasteiger partial charge in [-0.05, 0) is 48.1 Å². The number of nitrogens with one attached hydrogen (secondary N) is 4. The molecule has 0 saturated heterocycles. The third-order valence-corrected chi connectivity index (χ3v) is 5.69. The summed E-state index contributed by atoms with van der Waals surface area (Å²) < 4.78 is 10.1. The molecule has 0 aliphatic rings. The van der Waals surface area contributed by atoms with E-state index in [0.29, 0.717) is 50.1 Å². The summed E-state index contributed by atoms with van der Waals surface area (Å²) in [4.78, 5) is 59.4. The number of hydrogen-bond acceptors (Lipinski definition) is 9. The predicted molar refractivity (Wildman–Crippen MR) is 178 cm³/mol. The summed E-state index contributed by atoms with van der Waals surface area (Å²) in [6.07, 6.45) is 2.45. The van der Waals surface area contributed by atoms with Gasteiger partial charge in [0.05, 0.1) is 6.17 Å². The third kappa shape index (κ3) is 31.0. The van der Waals surface area contributed by atoms with E-state index < -0.39 is 12.3 Å². The smallest absolute Gasteiger partial charge is 0.409 e. The van der Waals surface area contributed by atoms with Crippen LogP contribution in [0.1, 0.15) is 71.9 Å². The highest BCUT2D eigenvalue weighted by Crippen LogP contribution is 2.04. The standard InChI is InChI=1S/C14H20N2O3.C13H19NO2.C6H14N2O.CO2/c1-11(2)8-13(15-10-17)16-14(18)19-9-12-6-4-3-5-7-12;1-11(2)8-9-14-13(15)16-10-12-6-4-3-5-7-12;1-5(2)3-6(7)8-4-9;2-1-3/h3-7,10-11,13H,8-9H2,1-2H3,(H,15,17)(H,16,18);3-7,11H,8-10H2,1-2H3,(H,14,15);4-6H,3,7H2,1-2H3,(H,8,9);/t13-;;6-;/m1.0./s1. The lowest BCUT2D eigenvalue weighted by Crippen LogP contribution is -2.45. The fourth-order valence-electron chi connectivity index (χ4n) is 3.53. The Balaban J connectivity index is 0. The molecule has 2 atom stereocenters. The molecule has 0 aromatic heterocycles. The Bertz CT molecular complexity index is 1110. The van der Waals surface area contributed by atoms with Crippen molar-refractivity contribution in [3.8, 4) is 0 Å². The average molecular weight is 660 g/mol. The Hall–Kier alpha value is -4.74. The Kier molecular flexibility index (Phi) is 28.3. The average Bonchev–Trinajstić information content (AvgIpc) is 3.00. The molecule has 0 spiro atoms. The van der Waals surface area contributed by atoms with Gasteiger partial charge in [0, 0.05) is 6.54 Å². The molecule has 2 aromatic carbocycles. The van der Waals surface area contributed by atoms with Gasteiger partial charge in [0.1, 0.15) is 19.4 Å². The van der Waals surface area contributed by atoms with Crippen LogP contribution in [0, 0.1) is 17.8 Å². The van der Waals surface area contributed by atoms with Crippen molar-refractivity contribution in [2.75, 3.05) is 6.54 Å². The first-order valence-corrected chi connectivity index (χ1v) is 15.4. The van der Waals surface area contributed by atoms with Crippen molar-refractivity contribution in [1.29, 1.82) is 0 Å². The van der Waals surface area contributed by atoms with Crippen LogP contribution in [0.2, 0.25) is 0 Å². The van der Waals surface area contributed by atoms with Crippen LogP contribution in [0.3, 0.4) is 0 Å². The quantitative estimate of drug-likeness (QED) is 0.128. The van der Waals surface area contributed by atoms with Crippen LogP contribution in [0.5, 0.6) is 0 Å². The van der Waals surface area contributed by atoms with E-state index in [0.717, 1.165) is 24.0 Å². The number of amides is 4. The van der Waals surface area contributed by atoms with Crippen molar-refractivity contribution in [2.24, 2.45) is 23.5 Å². The molecule has 2 rings (SSSR count). The molecule has 262 valence electrons. The summed E-state index contributed by atoms with van der Waals surface area (Å²) in [5.74, 6) is 1.48. The number of benzene rings is 2. The molecule has 6 N–H and O–H groups in total. The van der Waals surface area contributed by atoms with Crippen LogP contribution < -0.4 is 27.0 Å². The summed E-state index contributed by atoms with van der Waals surface area (Å²) in [6, 6.07) is 19.1. The van der Waals surface area contributed by atoms with Gasteiger partial charge in [-0.2, -0.15) is 9.59 Å². The lowest BCUT2D eigenvalue weighted by atomic mass is 10.1. The van der Waals surface area contributed by atoms with Gasteiger partial charge in [-0.15, -0.1) is 0 Å². The van der Waals surface area contributed by atoms with Crippen molar-refractivity contribution in [3.63, 3.8) is 0 Å². The second-order valence-corrected chi connectivity index (χ2v) is 11.4. The molecule has 2 aromatic rings. The summed E-state index contributed by atoms with van der Waals surface area (Å²) in [5, 5.41) is 10.4. The van der Waals surface area contributed by atoms with E-state index in [-0.39, 0.29) is 25.0 Å². The summed E-state index contributed by atoms with van der Waals surface area (Å²) in [7, 11) is 0. The normalized spacial score (nSPS) is 10.9. The van der Waals surface area contributed by atoms with Gasteiger partial charge in [-0.1, -0.05) is 102 Å². The molecule has 0 unspecified atom stereocenters. The van der Waals surface area contributed by atoms with Crippen LogP contribution in [0.15, 0.2) is 60.7 Å². The minimum atomic E-state index is -0.538. The van der Waals surface area contributed by atoms with Gasteiger partial charge in [-0.25, -0.2) is 9.59 Å². The van der Waals surface area contributed by atoms with Crippen molar-refractivity contribution in [3.05, 3.63) is 71.8 Å². The molecule has 4 amide bonds. The largest absolute Gasteiger partial charge is 0.445 e. The molecule has 47 heavy (non-hydrogen) atoms. The predicted octanol–water partition coefficient (Wildman–Crippen LogP) is 4.47. The number of ether oxygens (including phenoxy) is 2. The molecule has 0 heterocycles. The first-order valence-electron chi connectivity index (χ1n) is 15.4. The lowest BCUT2D eigenvalue weighted by molar-refractivity contribution is -0.191. The molecule has 13 nitrogen and oxygen atoms in total. The van der Waals surface area contributed by atoms with Gasteiger partial charge in [-0.3, -0.25) is 9.59 Å². The van der Waals surface area contributed by atoms with E-state index in [1.807, 2.05) is 74.5 Å². The number of carbonyl (C=O) groups excluding carboxylic acids is 6. The minimum Gasteiger partial charge on any atom is -0.445 e. The number of alkyl carbamates (subject to hydrolysis) is 2. The highest BCUT2D eigenvalue weighted by atomic mass is 16.6. The SMILES string of the molecule is CC(C)CCNC(=O)OCc1ccccc1.CC(C)C[C@@H](N)NC=O.CC(C)C[C@H](NC=O)NC(=O)OCc1ccccc1.O=C=O. The van der Waals surface area contributed by atoms with Crippen LogP contribution in [-0.2, 0) is 41.9 Å². The molecule has 13 heteroatoms.